The second-order valence-corrected chi connectivity index (χ2v) is 6.04. The van der Waals surface area contributed by atoms with E-state index < -0.39 is 0 Å². The lowest BCUT2D eigenvalue weighted by atomic mass is 9.85. The molecule has 0 aromatic rings. The van der Waals surface area contributed by atoms with Gasteiger partial charge in [-0.25, -0.2) is 0 Å². The van der Waals surface area contributed by atoms with Crippen molar-refractivity contribution in [1.82, 2.24) is 5.32 Å². The van der Waals surface area contributed by atoms with E-state index >= 15 is 0 Å². The summed E-state index contributed by atoms with van der Waals surface area (Å²) in [6.45, 7) is 7.27. The van der Waals surface area contributed by atoms with E-state index in [0.717, 1.165) is 18.9 Å². The van der Waals surface area contributed by atoms with Gasteiger partial charge in [-0.1, -0.05) is 38.8 Å². The number of amidine groups is 1. The Morgan fingerprint density at radius 2 is 2.18 bits per heavy atom. The topological polar surface area (TPSA) is 70.6 Å². The monoisotopic (exact) mass is 241 g/mol. The molecule has 100 valence electrons. The van der Waals surface area contributed by atoms with Crippen molar-refractivity contribution >= 4 is 5.84 Å². The van der Waals surface area contributed by atoms with E-state index in [2.05, 4.69) is 17.4 Å². The van der Waals surface area contributed by atoms with E-state index in [-0.39, 0.29) is 5.41 Å². The third-order valence-electron chi connectivity index (χ3n) is 3.92. The molecule has 0 heterocycles. The summed E-state index contributed by atoms with van der Waals surface area (Å²) in [4.78, 5) is 0. The Kier molecular flexibility index (Phi) is 5.25. The number of oxime groups is 1. The van der Waals surface area contributed by atoms with Crippen molar-refractivity contribution in [2.45, 2.75) is 58.9 Å². The summed E-state index contributed by atoms with van der Waals surface area (Å²) in [5.41, 5.74) is 5.43. The van der Waals surface area contributed by atoms with E-state index in [1.165, 1.54) is 25.7 Å². The molecule has 1 fully saturated rings. The molecule has 2 atom stereocenters. The summed E-state index contributed by atoms with van der Waals surface area (Å²) in [6.07, 6.45) is 6.17. The average molecular weight is 241 g/mol. The third-order valence-corrected chi connectivity index (χ3v) is 3.92. The van der Waals surface area contributed by atoms with Gasteiger partial charge in [-0.05, 0) is 31.7 Å². The van der Waals surface area contributed by atoms with Crippen LogP contribution in [0.3, 0.4) is 0 Å². The van der Waals surface area contributed by atoms with Crippen molar-refractivity contribution in [3.05, 3.63) is 0 Å². The smallest absolute Gasteiger partial charge is 0.144 e. The van der Waals surface area contributed by atoms with Gasteiger partial charge in [0.1, 0.15) is 5.84 Å². The molecule has 0 aliphatic heterocycles. The van der Waals surface area contributed by atoms with E-state index in [9.17, 15) is 0 Å². The first-order chi connectivity index (χ1) is 7.95. The predicted molar refractivity (Wildman–Crippen MR) is 71.2 cm³/mol. The van der Waals surface area contributed by atoms with Gasteiger partial charge in [0.2, 0.25) is 0 Å². The fraction of sp³-hybridized carbons (Fsp3) is 0.923. The molecular formula is C13H27N3O. The van der Waals surface area contributed by atoms with Crippen LogP contribution >= 0.6 is 0 Å². The van der Waals surface area contributed by atoms with Crippen LogP contribution in [0.5, 0.6) is 0 Å². The van der Waals surface area contributed by atoms with E-state index in [1.807, 2.05) is 13.8 Å². The van der Waals surface area contributed by atoms with E-state index in [1.54, 1.807) is 0 Å². The summed E-state index contributed by atoms with van der Waals surface area (Å²) in [7, 11) is 0. The van der Waals surface area contributed by atoms with Crippen LogP contribution in [0.2, 0.25) is 0 Å². The summed E-state index contributed by atoms with van der Waals surface area (Å²) in [5.74, 6) is 1.16. The highest BCUT2D eigenvalue weighted by Gasteiger charge is 2.24. The van der Waals surface area contributed by atoms with Gasteiger partial charge >= 0.3 is 0 Å². The fourth-order valence-corrected chi connectivity index (χ4v) is 2.47. The molecule has 0 radical (unpaired) electrons. The summed E-state index contributed by atoms with van der Waals surface area (Å²) in [6, 6.07) is 0.654. The molecule has 2 unspecified atom stereocenters. The van der Waals surface area contributed by atoms with Crippen LogP contribution in [0, 0.1) is 11.3 Å². The maximum Gasteiger partial charge on any atom is 0.144 e. The summed E-state index contributed by atoms with van der Waals surface area (Å²) < 4.78 is 0. The number of nitrogens with one attached hydrogen (secondary N) is 1. The van der Waals surface area contributed by atoms with Gasteiger partial charge in [-0.2, -0.15) is 0 Å². The molecular weight excluding hydrogens is 214 g/mol. The first kappa shape index (κ1) is 14.3. The van der Waals surface area contributed by atoms with Crippen molar-refractivity contribution in [2.24, 2.45) is 22.2 Å². The fourth-order valence-electron chi connectivity index (χ4n) is 2.47. The van der Waals surface area contributed by atoms with Crippen LogP contribution < -0.4 is 11.1 Å². The molecule has 0 spiro atoms. The zero-order chi connectivity index (χ0) is 12.9. The van der Waals surface area contributed by atoms with Gasteiger partial charge in [0.25, 0.3) is 0 Å². The highest BCUT2D eigenvalue weighted by Crippen LogP contribution is 2.24. The molecule has 0 bridgehead atoms. The molecule has 4 N–H and O–H groups in total. The van der Waals surface area contributed by atoms with Gasteiger partial charge in [-0.15, -0.1) is 0 Å². The maximum atomic E-state index is 8.70. The zero-order valence-electron chi connectivity index (χ0n) is 11.4. The molecule has 0 amide bonds. The number of hydrogen-bond acceptors (Lipinski definition) is 3. The molecule has 17 heavy (non-hydrogen) atoms. The Bertz CT molecular complexity index is 263. The second-order valence-electron chi connectivity index (χ2n) is 6.04. The largest absolute Gasteiger partial charge is 0.409 e. The van der Waals surface area contributed by atoms with Crippen LogP contribution in [0.1, 0.15) is 52.9 Å². The lowest BCUT2D eigenvalue weighted by Crippen LogP contribution is -2.39. The predicted octanol–water partition coefficient (Wildman–Crippen LogP) is 2.32. The minimum atomic E-state index is -0.234. The number of rotatable bonds is 5. The van der Waals surface area contributed by atoms with Crippen molar-refractivity contribution in [2.75, 3.05) is 6.54 Å². The minimum Gasteiger partial charge on any atom is -0.409 e. The Labute approximate surface area is 105 Å². The van der Waals surface area contributed by atoms with Gasteiger partial charge in [0.05, 0.1) is 0 Å². The minimum absolute atomic E-state index is 0.234. The molecule has 1 aliphatic rings. The second kappa shape index (κ2) is 6.24. The molecule has 0 aromatic heterocycles. The summed E-state index contributed by atoms with van der Waals surface area (Å²) >= 11 is 0. The van der Waals surface area contributed by atoms with Gasteiger partial charge < -0.3 is 16.3 Å². The number of nitrogens with two attached hydrogens (primary N) is 1. The lowest BCUT2D eigenvalue weighted by Gasteiger charge is -2.29. The number of nitrogens with zero attached hydrogens (tertiary/aromatic N) is 1. The van der Waals surface area contributed by atoms with Crippen molar-refractivity contribution in [3.8, 4) is 0 Å². The van der Waals surface area contributed by atoms with Crippen LogP contribution in [0.25, 0.3) is 0 Å². The van der Waals surface area contributed by atoms with Gasteiger partial charge in [-0.3, -0.25) is 0 Å². The first-order valence-electron chi connectivity index (χ1n) is 6.67. The molecule has 1 aliphatic carbocycles. The quantitative estimate of drug-likeness (QED) is 0.299. The van der Waals surface area contributed by atoms with Crippen molar-refractivity contribution in [3.63, 3.8) is 0 Å². The van der Waals surface area contributed by atoms with Gasteiger partial charge in [0, 0.05) is 11.5 Å². The molecule has 0 saturated heterocycles. The molecule has 0 aromatic carbocycles. The van der Waals surface area contributed by atoms with Gasteiger partial charge in [0.15, 0.2) is 0 Å². The van der Waals surface area contributed by atoms with Crippen LogP contribution in [-0.2, 0) is 0 Å². The Morgan fingerprint density at radius 3 is 2.76 bits per heavy atom. The normalized spacial score (nSPS) is 27.1. The number of hydrogen-bond donors (Lipinski definition) is 3. The average Bonchev–Trinajstić information content (AvgIpc) is 2.27. The SMILES string of the molecule is CC1CCCC(NCCC(C)(C)C(N)=NO)C1. The maximum absolute atomic E-state index is 8.70. The highest BCUT2D eigenvalue weighted by atomic mass is 16.4. The Hall–Kier alpha value is -0.770. The summed E-state index contributed by atoms with van der Waals surface area (Å²) in [5, 5.41) is 15.4. The van der Waals surface area contributed by atoms with E-state index in [4.69, 9.17) is 10.9 Å². The highest BCUT2D eigenvalue weighted by molar-refractivity contribution is 5.85. The molecule has 1 rings (SSSR count). The molecule has 4 nitrogen and oxygen atoms in total. The first-order valence-corrected chi connectivity index (χ1v) is 6.67. The zero-order valence-corrected chi connectivity index (χ0v) is 11.4. The van der Waals surface area contributed by atoms with Crippen molar-refractivity contribution < 1.29 is 5.21 Å². The Balaban J connectivity index is 2.27. The Morgan fingerprint density at radius 1 is 1.47 bits per heavy atom. The lowest BCUT2D eigenvalue weighted by molar-refractivity contribution is 0.286. The van der Waals surface area contributed by atoms with Crippen LogP contribution in [-0.4, -0.2) is 23.6 Å². The standard InChI is InChI=1S/C13H27N3O/c1-10-5-4-6-11(9-10)15-8-7-13(2,3)12(14)16-17/h10-11,15,17H,4-9H2,1-3H3,(H2,14,16). The molecule has 1 saturated carbocycles. The van der Waals surface area contributed by atoms with Crippen LogP contribution in [0.15, 0.2) is 5.16 Å². The van der Waals surface area contributed by atoms with E-state index in [0.29, 0.717) is 11.9 Å². The van der Waals surface area contributed by atoms with Crippen molar-refractivity contribution in [1.29, 1.82) is 0 Å². The third kappa shape index (κ3) is 4.54. The van der Waals surface area contributed by atoms with Crippen LogP contribution in [0.4, 0.5) is 0 Å². The molecule has 4 heteroatoms.